The van der Waals surface area contributed by atoms with Gasteiger partial charge in [0.1, 0.15) is 0 Å². The second kappa shape index (κ2) is 5.46. The zero-order chi connectivity index (χ0) is 16.1. The molecule has 0 spiro atoms. The van der Waals surface area contributed by atoms with E-state index in [4.69, 9.17) is 4.98 Å². The number of hydrogen-bond acceptors (Lipinski definition) is 4. The molecule has 1 fully saturated rings. The van der Waals surface area contributed by atoms with E-state index in [0.717, 1.165) is 28.0 Å². The number of thiazole rings is 1. The van der Waals surface area contributed by atoms with Crippen LogP contribution in [0.4, 0.5) is 5.13 Å². The van der Waals surface area contributed by atoms with Gasteiger partial charge in [0.05, 0.1) is 10.2 Å². The molecule has 0 aliphatic carbocycles. The average Bonchev–Trinajstić information content (AvgIpc) is 2.76. The van der Waals surface area contributed by atoms with Crippen molar-refractivity contribution in [3.63, 3.8) is 0 Å². The van der Waals surface area contributed by atoms with Gasteiger partial charge in [0.15, 0.2) is 5.13 Å². The van der Waals surface area contributed by atoms with E-state index in [0.29, 0.717) is 6.04 Å². The minimum Gasteiger partial charge on any atom is -0.348 e. The van der Waals surface area contributed by atoms with E-state index in [1.165, 1.54) is 4.70 Å². The van der Waals surface area contributed by atoms with Crippen molar-refractivity contribution in [3.05, 3.63) is 22.7 Å². The standard InChI is InChI=1S/C17H24BrN3S/c1-16(2)9-12(10-17(3,4)20-16)21(5)15-19-13-7-6-11(18)8-14(13)22-15/h6-8,12,20H,9-10H2,1-5H3. The van der Waals surface area contributed by atoms with E-state index in [2.05, 4.69) is 79.1 Å². The second-order valence-electron chi connectivity index (χ2n) is 7.67. The summed E-state index contributed by atoms with van der Waals surface area (Å²) in [6.07, 6.45) is 2.26. The molecule has 0 atom stereocenters. The molecule has 1 N–H and O–H groups in total. The molecule has 5 heteroatoms. The molecule has 1 aliphatic rings. The van der Waals surface area contributed by atoms with Gasteiger partial charge in [-0.05, 0) is 58.7 Å². The molecule has 3 rings (SSSR count). The number of fused-ring (bicyclic) bond motifs is 1. The highest BCUT2D eigenvalue weighted by Crippen LogP contribution is 2.36. The maximum absolute atomic E-state index is 4.83. The molecular formula is C17H24BrN3S. The van der Waals surface area contributed by atoms with Gasteiger partial charge in [-0.1, -0.05) is 27.3 Å². The number of nitrogens with one attached hydrogen (secondary N) is 1. The van der Waals surface area contributed by atoms with E-state index < -0.39 is 0 Å². The Labute approximate surface area is 145 Å². The van der Waals surface area contributed by atoms with Crippen LogP contribution in [0.25, 0.3) is 10.2 Å². The number of rotatable bonds is 2. The topological polar surface area (TPSA) is 28.2 Å². The first-order valence-corrected chi connectivity index (χ1v) is 9.34. The fraction of sp³-hybridized carbons (Fsp3) is 0.588. The first kappa shape index (κ1) is 16.2. The minimum atomic E-state index is 0.153. The molecule has 2 heterocycles. The predicted octanol–water partition coefficient (Wildman–Crippen LogP) is 4.80. The molecule has 1 aromatic carbocycles. The van der Waals surface area contributed by atoms with Gasteiger partial charge in [0, 0.05) is 28.6 Å². The van der Waals surface area contributed by atoms with Crippen molar-refractivity contribution in [1.29, 1.82) is 0 Å². The molecule has 0 radical (unpaired) electrons. The van der Waals surface area contributed by atoms with Crippen molar-refractivity contribution in [3.8, 4) is 0 Å². The summed E-state index contributed by atoms with van der Waals surface area (Å²) in [5.41, 5.74) is 1.39. The van der Waals surface area contributed by atoms with Crippen LogP contribution < -0.4 is 10.2 Å². The number of hydrogen-bond donors (Lipinski definition) is 1. The lowest BCUT2D eigenvalue weighted by atomic mass is 9.79. The molecular weight excluding hydrogens is 358 g/mol. The zero-order valence-electron chi connectivity index (χ0n) is 13.9. The van der Waals surface area contributed by atoms with Crippen LogP contribution in [-0.4, -0.2) is 29.2 Å². The highest BCUT2D eigenvalue weighted by Gasteiger charge is 2.39. The lowest BCUT2D eigenvalue weighted by molar-refractivity contribution is 0.161. The van der Waals surface area contributed by atoms with E-state index in [1.807, 2.05) is 0 Å². The van der Waals surface area contributed by atoms with Gasteiger partial charge in [-0.15, -0.1) is 0 Å². The van der Waals surface area contributed by atoms with Gasteiger partial charge in [0.2, 0.25) is 0 Å². The maximum atomic E-state index is 4.83. The lowest BCUT2D eigenvalue weighted by Crippen LogP contribution is -2.61. The number of halogens is 1. The van der Waals surface area contributed by atoms with Crippen LogP contribution in [-0.2, 0) is 0 Å². The van der Waals surface area contributed by atoms with Gasteiger partial charge in [-0.3, -0.25) is 0 Å². The molecule has 1 aromatic heterocycles. The van der Waals surface area contributed by atoms with Gasteiger partial charge >= 0.3 is 0 Å². The van der Waals surface area contributed by atoms with E-state index in [-0.39, 0.29) is 11.1 Å². The Hall–Kier alpha value is -0.650. The summed E-state index contributed by atoms with van der Waals surface area (Å²) in [6, 6.07) is 6.81. The molecule has 22 heavy (non-hydrogen) atoms. The summed E-state index contributed by atoms with van der Waals surface area (Å²) in [5, 5.41) is 4.87. The van der Waals surface area contributed by atoms with Gasteiger partial charge < -0.3 is 10.2 Å². The van der Waals surface area contributed by atoms with E-state index in [9.17, 15) is 0 Å². The van der Waals surface area contributed by atoms with E-state index >= 15 is 0 Å². The summed E-state index contributed by atoms with van der Waals surface area (Å²) in [6.45, 7) is 9.18. The molecule has 3 nitrogen and oxygen atoms in total. The fourth-order valence-corrected chi connectivity index (χ4v) is 5.29. The average molecular weight is 382 g/mol. The Morgan fingerprint density at radius 3 is 2.50 bits per heavy atom. The molecule has 0 unspecified atom stereocenters. The number of aromatic nitrogens is 1. The summed E-state index contributed by atoms with van der Waals surface area (Å²) in [5.74, 6) is 0. The predicted molar refractivity (Wildman–Crippen MR) is 100 cm³/mol. The molecule has 1 aliphatic heterocycles. The molecule has 120 valence electrons. The SMILES string of the molecule is CN(c1nc2ccc(Br)cc2s1)C1CC(C)(C)NC(C)(C)C1. The molecule has 0 bridgehead atoms. The summed E-state index contributed by atoms with van der Waals surface area (Å²) in [7, 11) is 2.19. The number of benzene rings is 1. The van der Waals surface area contributed by atoms with E-state index in [1.54, 1.807) is 11.3 Å². The Balaban J connectivity index is 1.89. The van der Waals surface area contributed by atoms with Crippen LogP contribution >= 0.6 is 27.3 Å². The smallest absolute Gasteiger partial charge is 0.186 e. The van der Waals surface area contributed by atoms with Crippen LogP contribution in [0, 0.1) is 0 Å². The van der Waals surface area contributed by atoms with Gasteiger partial charge in [0.25, 0.3) is 0 Å². The Morgan fingerprint density at radius 2 is 1.86 bits per heavy atom. The second-order valence-corrected chi connectivity index (χ2v) is 9.60. The van der Waals surface area contributed by atoms with Crippen LogP contribution in [0.1, 0.15) is 40.5 Å². The molecule has 0 amide bonds. The Bertz CT molecular complexity index is 676. The third-order valence-corrected chi connectivity index (χ3v) is 5.96. The van der Waals surface area contributed by atoms with Crippen molar-refractivity contribution < 1.29 is 0 Å². The number of piperidine rings is 1. The van der Waals surface area contributed by atoms with Crippen molar-refractivity contribution in [2.24, 2.45) is 0 Å². The molecule has 0 saturated carbocycles. The van der Waals surface area contributed by atoms with Crippen molar-refractivity contribution in [2.45, 2.75) is 57.7 Å². The fourth-order valence-electron chi connectivity index (χ4n) is 3.74. The van der Waals surface area contributed by atoms with Crippen LogP contribution in [0.5, 0.6) is 0 Å². The van der Waals surface area contributed by atoms with Crippen LogP contribution in [0.3, 0.4) is 0 Å². The first-order chi connectivity index (χ1) is 10.2. The first-order valence-electron chi connectivity index (χ1n) is 7.74. The summed E-state index contributed by atoms with van der Waals surface area (Å²) < 4.78 is 2.35. The maximum Gasteiger partial charge on any atom is 0.186 e. The normalized spacial score (nSPS) is 21.2. The number of nitrogens with zero attached hydrogens (tertiary/aromatic N) is 2. The van der Waals surface area contributed by atoms with Gasteiger partial charge in [-0.25, -0.2) is 4.98 Å². The Kier molecular flexibility index (Phi) is 4.03. The highest BCUT2D eigenvalue weighted by molar-refractivity contribution is 9.10. The zero-order valence-corrected chi connectivity index (χ0v) is 16.3. The highest BCUT2D eigenvalue weighted by atomic mass is 79.9. The van der Waals surface area contributed by atoms with Crippen LogP contribution in [0.2, 0.25) is 0 Å². The quantitative estimate of drug-likeness (QED) is 0.808. The Morgan fingerprint density at radius 1 is 1.23 bits per heavy atom. The minimum absolute atomic E-state index is 0.153. The monoisotopic (exact) mass is 381 g/mol. The van der Waals surface area contributed by atoms with Crippen LogP contribution in [0.15, 0.2) is 22.7 Å². The van der Waals surface area contributed by atoms with Crippen molar-refractivity contribution >= 4 is 42.6 Å². The number of anilines is 1. The largest absolute Gasteiger partial charge is 0.348 e. The van der Waals surface area contributed by atoms with Gasteiger partial charge in [-0.2, -0.15) is 0 Å². The molecule has 1 saturated heterocycles. The summed E-state index contributed by atoms with van der Waals surface area (Å²) in [4.78, 5) is 7.21. The lowest BCUT2D eigenvalue weighted by Gasteiger charge is -2.48. The summed E-state index contributed by atoms with van der Waals surface area (Å²) >= 11 is 5.32. The third-order valence-electron chi connectivity index (χ3n) is 4.36. The third kappa shape index (κ3) is 3.31. The molecule has 2 aromatic rings. The van der Waals surface area contributed by atoms with Crippen molar-refractivity contribution in [2.75, 3.05) is 11.9 Å². The van der Waals surface area contributed by atoms with Crippen molar-refractivity contribution in [1.82, 2.24) is 10.3 Å².